The Hall–Kier alpha value is -2.87. The summed E-state index contributed by atoms with van der Waals surface area (Å²) in [5, 5.41) is 5.14. The SMILES string of the molecule is CCOC(=O)Nc1cccc(C(=O)Nc2cccc(S(C)(=O)=O)c2)c1. The fourth-order valence-electron chi connectivity index (χ4n) is 2.03. The second kappa shape index (κ2) is 7.80. The molecule has 0 saturated carbocycles. The van der Waals surface area contributed by atoms with Crippen molar-refractivity contribution in [1.29, 1.82) is 0 Å². The Morgan fingerprint density at radius 1 is 1.00 bits per heavy atom. The van der Waals surface area contributed by atoms with Gasteiger partial charge in [0.25, 0.3) is 5.91 Å². The average molecular weight is 362 g/mol. The van der Waals surface area contributed by atoms with Crippen LogP contribution in [-0.4, -0.2) is 33.3 Å². The molecule has 2 aromatic rings. The van der Waals surface area contributed by atoms with E-state index in [1.807, 2.05) is 0 Å². The number of anilines is 2. The molecule has 2 aromatic carbocycles. The van der Waals surface area contributed by atoms with Gasteiger partial charge in [-0.1, -0.05) is 12.1 Å². The van der Waals surface area contributed by atoms with Crippen molar-refractivity contribution in [1.82, 2.24) is 0 Å². The van der Waals surface area contributed by atoms with E-state index >= 15 is 0 Å². The van der Waals surface area contributed by atoms with E-state index in [-0.39, 0.29) is 11.5 Å². The molecule has 0 aliphatic rings. The summed E-state index contributed by atoms with van der Waals surface area (Å²) in [4.78, 5) is 23.9. The third-order valence-corrected chi connectivity index (χ3v) is 4.28. The molecule has 7 nitrogen and oxygen atoms in total. The Kier molecular flexibility index (Phi) is 5.76. The first kappa shape index (κ1) is 18.5. The number of hydrogen-bond acceptors (Lipinski definition) is 5. The molecule has 0 spiro atoms. The molecule has 132 valence electrons. The number of nitrogens with one attached hydrogen (secondary N) is 2. The molecule has 0 radical (unpaired) electrons. The summed E-state index contributed by atoms with van der Waals surface area (Å²) in [6.07, 6.45) is 0.485. The van der Waals surface area contributed by atoms with Crippen LogP contribution in [0.25, 0.3) is 0 Å². The minimum absolute atomic E-state index is 0.114. The van der Waals surface area contributed by atoms with Crippen molar-refractivity contribution in [2.24, 2.45) is 0 Å². The summed E-state index contributed by atoms with van der Waals surface area (Å²) in [5.41, 5.74) is 1.08. The molecule has 0 heterocycles. The molecule has 8 heteroatoms. The van der Waals surface area contributed by atoms with Gasteiger partial charge < -0.3 is 10.1 Å². The number of rotatable bonds is 5. The maximum atomic E-state index is 12.3. The van der Waals surface area contributed by atoms with Crippen LogP contribution in [0.2, 0.25) is 0 Å². The highest BCUT2D eigenvalue weighted by molar-refractivity contribution is 7.90. The zero-order chi connectivity index (χ0) is 18.4. The summed E-state index contributed by atoms with van der Waals surface area (Å²) in [6, 6.07) is 12.3. The molecule has 0 atom stereocenters. The predicted octanol–water partition coefficient (Wildman–Crippen LogP) is 2.91. The van der Waals surface area contributed by atoms with Gasteiger partial charge in [-0.05, 0) is 43.3 Å². The molecular formula is C17H18N2O5S. The van der Waals surface area contributed by atoms with Crippen LogP contribution in [0, 0.1) is 0 Å². The quantitative estimate of drug-likeness (QED) is 0.851. The zero-order valence-corrected chi connectivity index (χ0v) is 14.6. The number of sulfone groups is 1. The van der Waals surface area contributed by atoms with Gasteiger partial charge in [0.1, 0.15) is 0 Å². The number of ether oxygens (including phenoxy) is 1. The maximum absolute atomic E-state index is 12.3. The van der Waals surface area contributed by atoms with Gasteiger partial charge in [0.05, 0.1) is 11.5 Å². The topological polar surface area (TPSA) is 102 Å². The summed E-state index contributed by atoms with van der Waals surface area (Å²) >= 11 is 0. The van der Waals surface area contributed by atoms with Crippen LogP contribution in [0.1, 0.15) is 17.3 Å². The van der Waals surface area contributed by atoms with Gasteiger partial charge in [-0.2, -0.15) is 0 Å². The Labute approximate surface area is 145 Å². The summed E-state index contributed by atoms with van der Waals surface area (Å²) in [5.74, 6) is -0.432. The number of benzene rings is 2. The van der Waals surface area contributed by atoms with Crippen LogP contribution < -0.4 is 10.6 Å². The third kappa shape index (κ3) is 5.32. The molecule has 2 rings (SSSR count). The standard InChI is InChI=1S/C17H18N2O5S/c1-3-24-17(21)19-13-7-4-6-12(10-13)16(20)18-14-8-5-9-15(11-14)25(2,22)23/h4-11H,3H2,1-2H3,(H,18,20)(H,19,21). The number of hydrogen-bond donors (Lipinski definition) is 2. The Balaban J connectivity index is 2.15. The molecule has 25 heavy (non-hydrogen) atoms. The molecule has 0 aliphatic carbocycles. The molecule has 0 aliphatic heterocycles. The van der Waals surface area contributed by atoms with Crippen molar-refractivity contribution in [3.8, 4) is 0 Å². The van der Waals surface area contributed by atoms with Crippen LogP contribution >= 0.6 is 0 Å². The van der Waals surface area contributed by atoms with E-state index in [9.17, 15) is 18.0 Å². The highest BCUT2D eigenvalue weighted by Crippen LogP contribution is 2.17. The third-order valence-electron chi connectivity index (χ3n) is 3.17. The van der Waals surface area contributed by atoms with Gasteiger partial charge in [-0.15, -0.1) is 0 Å². The van der Waals surface area contributed by atoms with E-state index < -0.39 is 21.8 Å². The molecular weight excluding hydrogens is 344 g/mol. The molecule has 0 unspecified atom stereocenters. The van der Waals surface area contributed by atoms with Gasteiger partial charge >= 0.3 is 6.09 Å². The van der Waals surface area contributed by atoms with Gasteiger partial charge in [0.15, 0.2) is 9.84 Å². The first-order valence-electron chi connectivity index (χ1n) is 7.45. The summed E-state index contributed by atoms with van der Waals surface area (Å²) in [6.45, 7) is 1.93. The molecule has 2 N–H and O–H groups in total. The first-order valence-corrected chi connectivity index (χ1v) is 9.34. The Morgan fingerprint density at radius 2 is 1.64 bits per heavy atom. The lowest BCUT2D eigenvalue weighted by Gasteiger charge is -2.09. The molecule has 0 aromatic heterocycles. The Bertz CT molecular complexity index is 893. The first-order chi connectivity index (χ1) is 11.8. The van der Waals surface area contributed by atoms with Gasteiger partial charge in [-0.3, -0.25) is 10.1 Å². The monoisotopic (exact) mass is 362 g/mol. The molecule has 2 amide bonds. The van der Waals surface area contributed by atoms with Crippen molar-refractivity contribution in [3.63, 3.8) is 0 Å². The van der Waals surface area contributed by atoms with Crippen LogP contribution in [0.4, 0.5) is 16.2 Å². The zero-order valence-electron chi connectivity index (χ0n) is 13.8. The van der Waals surface area contributed by atoms with Crippen molar-refractivity contribution in [2.75, 3.05) is 23.5 Å². The van der Waals surface area contributed by atoms with E-state index in [4.69, 9.17) is 4.74 Å². The van der Waals surface area contributed by atoms with Crippen molar-refractivity contribution < 1.29 is 22.7 Å². The van der Waals surface area contributed by atoms with E-state index in [1.54, 1.807) is 37.3 Å². The lowest BCUT2D eigenvalue weighted by Crippen LogP contribution is -2.15. The number of amides is 2. The van der Waals surface area contributed by atoms with E-state index in [0.717, 1.165) is 6.26 Å². The van der Waals surface area contributed by atoms with Gasteiger partial charge in [0.2, 0.25) is 0 Å². The van der Waals surface area contributed by atoms with Gasteiger partial charge in [0, 0.05) is 23.2 Å². The van der Waals surface area contributed by atoms with E-state index in [1.165, 1.54) is 18.2 Å². The smallest absolute Gasteiger partial charge is 0.411 e. The Morgan fingerprint density at radius 3 is 2.28 bits per heavy atom. The number of carbonyl (C=O) groups excluding carboxylic acids is 2. The van der Waals surface area contributed by atoms with E-state index in [0.29, 0.717) is 16.9 Å². The van der Waals surface area contributed by atoms with Crippen LogP contribution in [-0.2, 0) is 14.6 Å². The van der Waals surface area contributed by atoms with E-state index in [2.05, 4.69) is 10.6 Å². The van der Waals surface area contributed by atoms with Crippen molar-refractivity contribution in [3.05, 3.63) is 54.1 Å². The van der Waals surface area contributed by atoms with Crippen molar-refractivity contribution in [2.45, 2.75) is 11.8 Å². The normalized spacial score (nSPS) is 10.8. The second-order valence-corrected chi connectivity index (χ2v) is 7.20. The fourth-order valence-corrected chi connectivity index (χ4v) is 2.70. The highest BCUT2D eigenvalue weighted by Gasteiger charge is 2.11. The summed E-state index contributed by atoms with van der Waals surface area (Å²) < 4.78 is 27.9. The highest BCUT2D eigenvalue weighted by atomic mass is 32.2. The average Bonchev–Trinajstić information content (AvgIpc) is 2.54. The van der Waals surface area contributed by atoms with Crippen molar-refractivity contribution >= 4 is 33.2 Å². The molecule has 0 bridgehead atoms. The molecule has 0 fully saturated rings. The predicted molar refractivity (Wildman–Crippen MR) is 94.6 cm³/mol. The minimum atomic E-state index is -3.36. The van der Waals surface area contributed by atoms with Crippen LogP contribution in [0.3, 0.4) is 0 Å². The second-order valence-electron chi connectivity index (χ2n) is 5.18. The lowest BCUT2D eigenvalue weighted by molar-refractivity contribution is 0.102. The summed E-state index contributed by atoms with van der Waals surface area (Å²) in [7, 11) is -3.36. The fraction of sp³-hybridized carbons (Fsp3) is 0.176. The minimum Gasteiger partial charge on any atom is -0.450 e. The molecule has 0 saturated heterocycles. The van der Waals surface area contributed by atoms with Crippen LogP contribution in [0.5, 0.6) is 0 Å². The number of carbonyl (C=O) groups is 2. The largest absolute Gasteiger partial charge is 0.450 e. The van der Waals surface area contributed by atoms with Crippen LogP contribution in [0.15, 0.2) is 53.4 Å². The van der Waals surface area contributed by atoms with Gasteiger partial charge in [-0.25, -0.2) is 13.2 Å². The maximum Gasteiger partial charge on any atom is 0.411 e. The lowest BCUT2D eigenvalue weighted by atomic mass is 10.2.